The summed E-state index contributed by atoms with van der Waals surface area (Å²) in [6.45, 7) is 7.83. The Morgan fingerprint density at radius 3 is 2.41 bits per heavy atom. The van der Waals surface area contributed by atoms with Crippen LogP contribution in [0.1, 0.15) is 27.9 Å². The molecule has 140 valence electrons. The second-order valence-electron chi connectivity index (χ2n) is 6.67. The Labute approximate surface area is 162 Å². The highest BCUT2D eigenvalue weighted by Crippen LogP contribution is 2.31. The molecule has 0 aliphatic rings. The topological polar surface area (TPSA) is 64.1 Å². The maximum absolute atomic E-state index is 12.1. The maximum Gasteiger partial charge on any atom is 0.328 e. The lowest BCUT2D eigenvalue weighted by atomic mass is 10.1. The van der Waals surface area contributed by atoms with E-state index in [1.807, 2.05) is 38.1 Å². The van der Waals surface area contributed by atoms with Gasteiger partial charge in [-0.15, -0.1) is 0 Å². The van der Waals surface area contributed by atoms with Crippen LogP contribution in [0.4, 0.5) is 0 Å². The van der Waals surface area contributed by atoms with Crippen LogP contribution in [0.5, 0.6) is 11.5 Å². The highest BCUT2D eigenvalue weighted by Gasteiger charge is 2.10. The monoisotopic (exact) mass is 384 g/mol. The predicted octanol–water partition coefficient (Wildman–Crippen LogP) is 4.26. The van der Waals surface area contributed by atoms with Gasteiger partial charge in [0, 0.05) is 11.3 Å². The Kier molecular flexibility index (Phi) is 5.24. The number of H-pyrrole nitrogens is 1. The number of nitrogens with one attached hydrogen (secondary N) is 1. The summed E-state index contributed by atoms with van der Waals surface area (Å²) in [5.41, 5.74) is 3.54. The Bertz CT molecular complexity index is 1130. The van der Waals surface area contributed by atoms with Gasteiger partial charge in [-0.2, -0.15) is 0 Å². The fourth-order valence-corrected chi connectivity index (χ4v) is 3.02. The van der Waals surface area contributed by atoms with Gasteiger partial charge in [-0.3, -0.25) is 14.3 Å². The van der Waals surface area contributed by atoms with E-state index in [0.29, 0.717) is 28.6 Å². The normalized spacial score (nSPS) is 10.9. The lowest BCUT2D eigenvalue weighted by Gasteiger charge is -2.13. The van der Waals surface area contributed by atoms with Crippen LogP contribution in [0.2, 0.25) is 5.02 Å². The van der Waals surface area contributed by atoms with Crippen molar-refractivity contribution in [1.82, 2.24) is 9.55 Å². The zero-order valence-electron chi connectivity index (χ0n) is 15.7. The summed E-state index contributed by atoms with van der Waals surface area (Å²) in [6.07, 6.45) is 0. The molecular formula is C21H21ClN2O3. The number of halogens is 1. The van der Waals surface area contributed by atoms with Crippen molar-refractivity contribution in [2.75, 3.05) is 0 Å². The van der Waals surface area contributed by atoms with Crippen LogP contribution in [0.15, 0.2) is 46.0 Å². The standard InChI is InChI=1S/C21H21ClN2O3/c1-12-5-7-17(9-13(12)2)27-19-8-6-16(10-18(19)22)11-24-15(4)14(3)20(25)23-21(24)26/h5-10H,11H2,1-4H3,(H,23,25,26). The number of benzene rings is 2. The molecular weight excluding hydrogens is 364 g/mol. The zero-order valence-corrected chi connectivity index (χ0v) is 16.5. The number of aromatic amines is 1. The van der Waals surface area contributed by atoms with Crippen LogP contribution in [0.25, 0.3) is 0 Å². The van der Waals surface area contributed by atoms with Crippen LogP contribution in [0, 0.1) is 27.7 Å². The first-order valence-electron chi connectivity index (χ1n) is 8.60. The van der Waals surface area contributed by atoms with Gasteiger partial charge in [0.25, 0.3) is 5.56 Å². The number of rotatable bonds is 4. The van der Waals surface area contributed by atoms with Crippen molar-refractivity contribution in [3.63, 3.8) is 0 Å². The van der Waals surface area contributed by atoms with E-state index in [9.17, 15) is 9.59 Å². The first kappa shape index (κ1) is 19.0. The highest BCUT2D eigenvalue weighted by atomic mass is 35.5. The number of aryl methyl sites for hydroxylation is 2. The van der Waals surface area contributed by atoms with Crippen LogP contribution >= 0.6 is 11.6 Å². The van der Waals surface area contributed by atoms with Crippen LogP contribution in [-0.4, -0.2) is 9.55 Å². The van der Waals surface area contributed by atoms with Gasteiger partial charge in [0.05, 0.1) is 11.6 Å². The summed E-state index contributed by atoms with van der Waals surface area (Å²) in [5, 5.41) is 0.456. The van der Waals surface area contributed by atoms with Gasteiger partial charge in [0.2, 0.25) is 0 Å². The first-order valence-corrected chi connectivity index (χ1v) is 8.98. The largest absolute Gasteiger partial charge is 0.456 e. The Hall–Kier alpha value is -2.79. The quantitative estimate of drug-likeness (QED) is 0.730. The molecule has 0 aliphatic heterocycles. The smallest absolute Gasteiger partial charge is 0.328 e. The van der Waals surface area contributed by atoms with Crippen molar-refractivity contribution >= 4 is 11.6 Å². The van der Waals surface area contributed by atoms with Gasteiger partial charge in [-0.05, 0) is 68.7 Å². The van der Waals surface area contributed by atoms with Crippen LogP contribution < -0.4 is 16.0 Å². The summed E-state index contributed by atoms with van der Waals surface area (Å²) in [5.74, 6) is 1.27. The molecule has 0 aliphatic carbocycles. The minimum atomic E-state index is -0.435. The molecule has 1 N–H and O–H groups in total. The maximum atomic E-state index is 12.1. The third kappa shape index (κ3) is 3.98. The summed E-state index contributed by atoms with van der Waals surface area (Å²) >= 11 is 6.38. The molecule has 5 nitrogen and oxygen atoms in total. The van der Waals surface area contributed by atoms with Gasteiger partial charge in [-0.25, -0.2) is 4.79 Å². The first-order chi connectivity index (χ1) is 12.8. The molecule has 0 radical (unpaired) electrons. The van der Waals surface area contributed by atoms with Crippen LogP contribution in [0.3, 0.4) is 0 Å². The van der Waals surface area contributed by atoms with E-state index in [1.54, 1.807) is 26.0 Å². The fourth-order valence-electron chi connectivity index (χ4n) is 2.78. The molecule has 6 heteroatoms. The molecule has 2 aromatic carbocycles. The van der Waals surface area contributed by atoms with Crippen molar-refractivity contribution < 1.29 is 4.74 Å². The van der Waals surface area contributed by atoms with Crippen molar-refractivity contribution in [3.8, 4) is 11.5 Å². The highest BCUT2D eigenvalue weighted by molar-refractivity contribution is 6.32. The third-order valence-electron chi connectivity index (χ3n) is 4.80. The van der Waals surface area contributed by atoms with Crippen molar-refractivity contribution in [1.29, 1.82) is 0 Å². The van der Waals surface area contributed by atoms with E-state index in [4.69, 9.17) is 16.3 Å². The zero-order chi connectivity index (χ0) is 19.7. The van der Waals surface area contributed by atoms with E-state index in [0.717, 1.165) is 16.9 Å². The van der Waals surface area contributed by atoms with Crippen LogP contribution in [-0.2, 0) is 6.54 Å². The fraction of sp³-hybridized carbons (Fsp3) is 0.238. The summed E-state index contributed by atoms with van der Waals surface area (Å²) in [7, 11) is 0. The molecule has 0 unspecified atom stereocenters. The number of nitrogens with zero attached hydrogens (tertiary/aromatic N) is 1. The lowest BCUT2D eigenvalue weighted by molar-refractivity contribution is 0.482. The van der Waals surface area contributed by atoms with Gasteiger partial charge in [0.1, 0.15) is 11.5 Å². The van der Waals surface area contributed by atoms with Gasteiger partial charge < -0.3 is 4.74 Å². The minimum absolute atomic E-state index is 0.311. The SMILES string of the molecule is Cc1ccc(Oc2ccc(Cn3c(C)c(C)c(=O)[nH]c3=O)cc2Cl)cc1C. The van der Waals surface area contributed by atoms with Crippen molar-refractivity contribution in [2.45, 2.75) is 34.2 Å². The molecule has 3 aromatic rings. The lowest BCUT2D eigenvalue weighted by Crippen LogP contribution is -2.33. The number of hydrogen-bond acceptors (Lipinski definition) is 3. The molecule has 0 amide bonds. The van der Waals surface area contributed by atoms with E-state index in [2.05, 4.69) is 4.98 Å². The number of hydrogen-bond donors (Lipinski definition) is 1. The molecule has 0 fully saturated rings. The van der Waals surface area contributed by atoms with E-state index in [-0.39, 0.29) is 5.56 Å². The van der Waals surface area contributed by atoms with E-state index < -0.39 is 5.69 Å². The van der Waals surface area contributed by atoms with Gasteiger partial charge >= 0.3 is 5.69 Å². The molecule has 1 aromatic heterocycles. The second kappa shape index (κ2) is 7.45. The summed E-state index contributed by atoms with van der Waals surface area (Å²) in [4.78, 5) is 26.1. The Balaban J connectivity index is 1.87. The summed E-state index contributed by atoms with van der Waals surface area (Å²) < 4.78 is 7.40. The predicted molar refractivity (Wildman–Crippen MR) is 107 cm³/mol. The average molecular weight is 385 g/mol. The molecule has 3 rings (SSSR count). The molecule has 0 saturated heterocycles. The molecule has 1 heterocycles. The van der Waals surface area contributed by atoms with Crippen molar-refractivity contribution in [2.24, 2.45) is 0 Å². The molecule has 0 atom stereocenters. The number of ether oxygens (including phenoxy) is 1. The Morgan fingerprint density at radius 1 is 1.00 bits per heavy atom. The van der Waals surface area contributed by atoms with Crippen molar-refractivity contribution in [3.05, 3.63) is 90.2 Å². The average Bonchev–Trinajstić information content (AvgIpc) is 2.62. The van der Waals surface area contributed by atoms with Gasteiger partial charge in [-0.1, -0.05) is 23.7 Å². The summed E-state index contributed by atoms with van der Waals surface area (Å²) in [6, 6.07) is 11.3. The number of aromatic nitrogens is 2. The van der Waals surface area contributed by atoms with Gasteiger partial charge in [0.15, 0.2) is 0 Å². The molecule has 27 heavy (non-hydrogen) atoms. The minimum Gasteiger partial charge on any atom is -0.456 e. The molecule has 0 spiro atoms. The Morgan fingerprint density at radius 2 is 1.74 bits per heavy atom. The second-order valence-corrected chi connectivity index (χ2v) is 7.08. The molecule has 0 saturated carbocycles. The molecule has 0 bridgehead atoms. The third-order valence-corrected chi connectivity index (χ3v) is 5.09. The van der Waals surface area contributed by atoms with E-state index in [1.165, 1.54) is 10.1 Å². The van der Waals surface area contributed by atoms with E-state index >= 15 is 0 Å².